The summed E-state index contributed by atoms with van der Waals surface area (Å²) in [7, 11) is 0. The maximum atomic E-state index is 12.6. The molecule has 1 heterocycles. The average Bonchev–Trinajstić information content (AvgIpc) is 2.78. The first-order valence-electron chi connectivity index (χ1n) is 7.04. The van der Waals surface area contributed by atoms with Gasteiger partial charge in [0, 0.05) is 18.7 Å². The van der Waals surface area contributed by atoms with Crippen molar-refractivity contribution in [3.8, 4) is 0 Å². The van der Waals surface area contributed by atoms with Gasteiger partial charge in [-0.15, -0.1) is 0 Å². The van der Waals surface area contributed by atoms with E-state index in [0.29, 0.717) is 28.8 Å². The summed E-state index contributed by atoms with van der Waals surface area (Å²) in [6.45, 7) is 2.41. The summed E-state index contributed by atoms with van der Waals surface area (Å²) in [5.41, 5.74) is -0.293. The van der Waals surface area contributed by atoms with Crippen molar-refractivity contribution in [1.82, 2.24) is 15.1 Å². The number of amides is 1. The minimum atomic E-state index is -4.48. The summed E-state index contributed by atoms with van der Waals surface area (Å²) < 4.78 is 39.4. The predicted molar refractivity (Wildman–Crippen MR) is 85.4 cm³/mol. The van der Waals surface area contributed by atoms with E-state index in [9.17, 15) is 18.0 Å². The Morgan fingerprint density at radius 3 is 2.62 bits per heavy atom. The van der Waals surface area contributed by atoms with Crippen molar-refractivity contribution >= 4 is 29.1 Å². The van der Waals surface area contributed by atoms with Crippen LogP contribution in [0.5, 0.6) is 0 Å². The summed E-state index contributed by atoms with van der Waals surface area (Å²) in [5, 5.41) is 7.40. The third-order valence-electron chi connectivity index (χ3n) is 3.28. The second-order valence-corrected chi connectivity index (χ2v) is 5.84. The molecule has 0 saturated carbocycles. The summed E-state index contributed by atoms with van der Waals surface area (Å²) >= 11 is 11.9. The lowest BCUT2D eigenvalue weighted by Crippen LogP contribution is -2.25. The number of nitrogens with one attached hydrogen (secondary N) is 1. The Labute approximate surface area is 146 Å². The normalized spacial score (nSPS) is 11.6. The van der Waals surface area contributed by atoms with Crippen molar-refractivity contribution in [3.63, 3.8) is 0 Å². The predicted octanol–water partition coefficient (Wildman–Crippen LogP) is 4.34. The molecule has 2 aromatic rings. The maximum Gasteiger partial charge on any atom is 0.416 e. The van der Waals surface area contributed by atoms with Crippen LogP contribution in [0.25, 0.3) is 0 Å². The molecule has 0 aliphatic heterocycles. The molecule has 0 aliphatic carbocycles. The van der Waals surface area contributed by atoms with Crippen LogP contribution < -0.4 is 5.32 Å². The summed E-state index contributed by atoms with van der Waals surface area (Å²) in [5.74, 6) is -0.568. The largest absolute Gasteiger partial charge is 0.416 e. The second-order valence-electron chi connectivity index (χ2n) is 5.10. The van der Waals surface area contributed by atoms with Gasteiger partial charge in [0.15, 0.2) is 0 Å². The zero-order chi connectivity index (χ0) is 17.9. The van der Waals surface area contributed by atoms with Crippen molar-refractivity contribution < 1.29 is 18.0 Å². The monoisotopic (exact) mass is 379 g/mol. The highest BCUT2D eigenvalue weighted by atomic mass is 35.5. The number of aromatic nitrogens is 2. The molecular weight excluding hydrogens is 366 g/mol. The number of nitrogens with zero attached hydrogens (tertiary/aromatic N) is 2. The van der Waals surface area contributed by atoms with Crippen LogP contribution in [0.15, 0.2) is 24.3 Å². The molecule has 9 heteroatoms. The molecule has 130 valence electrons. The van der Waals surface area contributed by atoms with Gasteiger partial charge in [0.2, 0.25) is 0 Å². The van der Waals surface area contributed by atoms with Crippen molar-refractivity contribution in [1.29, 1.82) is 0 Å². The van der Waals surface area contributed by atoms with E-state index in [0.717, 1.165) is 12.1 Å². The van der Waals surface area contributed by atoms with Gasteiger partial charge in [-0.1, -0.05) is 29.3 Å². The van der Waals surface area contributed by atoms with Gasteiger partial charge in [0.25, 0.3) is 5.91 Å². The van der Waals surface area contributed by atoms with Crippen LogP contribution in [0.4, 0.5) is 13.2 Å². The number of carbonyl (C=O) groups is 1. The Morgan fingerprint density at radius 2 is 2.04 bits per heavy atom. The molecule has 1 aromatic heterocycles. The SMILES string of the molecule is Cc1nn(CCCNC(=O)c2cccc(C(F)(F)F)c2)c(Cl)c1Cl. The Balaban J connectivity index is 1.88. The van der Waals surface area contributed by atoms with Gasteiger partial charge in [-0.3, -0.25) is 9.48 Å². The first-order valence-corrected chi connectivity index (χ1v) is 7.79. The van der Waals surface area contributed by atoms with E-state index in [1.54, 1.807) is 6.92 Å². The first kappa shape index (κ1) is 18.6. The Morgan fingerprint density at radius 1 is 1.33 bits per heavy atom. The quantitative estimate of drug-likeness (QED) is 0.785. The zero-order valence-electron chi connectivity index (χ0n) is 12.6. The van der Waals surface area contributed by atoms with E-state index in [1.165, 1.54) is 16.8 Å². The van der Waals surface area contributed by atoms with Crippen LogP contribution in [0.1, 0.15) is 28.0 Å². The van der Waals surface area contributed by atoms with Crippen molar-refractivity contribution in [3.05, 3.63) is 51.3 Å². The minimum Gasteiger partial charge on any atom is -0.352 e. The Hall–Kier alpha value is -1.73. The molecule has 0 atom stereocenters. The molecule has 0 bridgehead atoms. The van der Waals surface area contributed by atoms with Crippen LogP contribution in [0, 0.1) is 6.92 Å². The smallest absolute Gasteiger partial charge is 0.352 e. The number of alkyl halides is 3. The average molecular weight is 380 g/mol. The molecule has 0 radical (unpaired) electrons. The highest BCUT2D eigenvalue weighted by molar-refractivity contribution is 6.41. The number of hydrogen-bond donors (Lipinski definition) is 1. The fourth-order valence-electron chi connectivity index (χ4n) is 2.05. The molecule has 0 aliphatic rings. The van der Waals surface area contributed by atoms with Crippen molar-refractivity contribution in [2.45, 2.75) is 26.1 Å². The second kappa shape index (κ2) is 7.44. The Bertz CT molecular complexity index is 744. The molecular formula is C15H14Cl2F3N3O. The van der Waals surface area contributed by atoms with Gasteiger partial charge >= 0.3 is 6.18 Å². The molecule has 2 rings (SSSR count). The summed E-state index contributed by atoms with van der Waals surface area (Å²) in [6, 6.07) is 4.27. The van der Waals surface area contributed by atoms with Crippen molar-refractivity contribution in [2.75, 3.05) is 6.54 Å². The van der Waals surface area contributed by atoms with E-state index >= 15 is 0 Å². The van der Waals surface area contributed by atoms with Crippen LogP contribution in [-0.2, 0) is 12.7 Å². The lowest BCUT2D eigenvalue weighted by atomic mass is 10.1. The molecule has 0 saturated heterocycles. The van der Waals surface area contributed by atoms with Crippen LogP contribution in [0.2, 0.25) is 10.2 Å². The van der Waals surface area contributed by atoms with Gasteiger partial charge in [-0.25, -0.2) is 0 Å². The Kier molecular flexibility index (Phi) is 5.77. The van der Waals surface area contributed by atoms with E-state index < -0.39 is 17.6 Å². The number of aryl methyl sites for hydroxylation is 2. The zero-order valence-corrected chi connectivity index (χ0v) is 14.1. The van der Waals surface area contributed by atoms with Crippen LogP contribution >= 0.6 is 23.2 Å². The minimum absolute atomic E-state index is 0.0409. The molecule has 0 unspecified atom stereocenters. The molecule has 24 heavy (non-hydrogen) atoms. The number of halogens is 5. The third kappa shape index (κ3) is 4.42. The highest BCUT2D eigenvalue weighted by Gasteiger charge is 2.30. The third-order valence-corrected chi connectivity index (χ3v) is 4.21. The number of carbonyl (C=O) groups excluding carboxylic acids is 1. The first-order chi connectivity index (χ1) is 11.2. The summed E-state index contributed by atoms with van der Waals surface area (Å²) in [4.78, 5) is 11.9. The van der Waals surface area contributed by atoms with E-state index in [2.05, 4.69) is 10.4 Å². The lowest BCUT2D eigenvalue weighted by molar-refractivity contribution is -0.137. The number of hydrogen-bond acceptors (Lipinski definition) is 2. The van der Waals surface area contributed by atoms with Crippen LogP contribution in [0.3, 0.4) is 0 Å². The van der Waals surface area contributed by atoms with E-state index in [1.807, 2.05) is 0 Å². The van der Waals surface area contributed by atoms with E-state index in [4.69, 9.17) is 23.2 Å². The van der Waals surface area contributed by atoms with Gasteiger partial charge in [-0.2, -0.15) is 18.3 Å². The van der Waals surface area contributed by atoms with Crippen LogP contribution in [-0.4, -0.2) is 22.2 Å². The standard InChI is InChI=1S/C15H14Cl2F3N3O/c1-9-12(16)13(17)23(22-9)7-3-6-21-14(24)10-4-2-5-11(8-10)15(18,19)20/h2,4-5,8H,3,6-7H2,1H3,(H,21,24). The molecule has 0 spiro atoms. The topological polar surface area (TPSA) is 46.9 Å². The van der Waals surface area contributed by atoms with Crippen molar-refractivity contribution in [2.24, 2.45) is 0 Å². The fourth-order valence-corrected chi connectivity index (χ4v) is 2.44. The molecule has 1 aromatic carbocycles. The fraction of sp³-hybridized carbons (Fsp3) is 0.333. The van der Waals surface area contributed by atoms with Gasteiger partial charge in [0.05, 0.1) is 11.3 Å². The lowest BCUT2D eigenvalue weighted by Gasteiger charge is -2.09. The number of rotatable bonds is 5. The number of benzene rings is 1. The van der Waals surface area contributed by atoms with Gasteiger partial charge < -0.3 is 5.32 Å². The van der Waals surface area contributed by atoms with Gasteiger partial charge in [-0.05, 0) is 31.5 Å². The summed E-state index contributed by atoms with van der Waals surface area (Å²) in [6.07, 6.45) is -3.98. The molecule has 1 N–H and O–H groups in total. The maximum absolute atomic E-state index is 12.6. The molecule has 1 amide bonds. The van der Waals surface area contributed by atoms with Gasteiger partial charge in [0.1, 0.15) is 10.2 Å². The molecule has 0 fully saturated rings. The molecule has 4 nitrogen and oxygen atoms in total. The highest BCUT2D eigenvalue weighted by Crippen LogP contribution is 2.29. The van der Waals surface area contributed by atoms with E-state index in [-0.39, 0.29) is 12.1 Å².